The van der Waals surface area contributed by atoms with Crippen LogP contribution in [0, 0.1) is 6.92 Å². The third kappa shape index (κ3) is 3.86. The summed E-state index contributed by atoms with van der Waals surface area (Å²) >= 11 is 0. The Hall–Kier alpha value is -1.42. The number of hydrogen-bond acceptors (Lipinski definition) is 4. The third-order valence-electron chi connectivity index (χ3n) is 4.38. The molecule has 0 saturated carbocycles. The van der Waals surface area contributed by atoms with Gasteiger partial charge in [0.2, 0.25) is 0 Å². The molecule has 0 aromatic carbocycles. The van der Waals surface area contributed by atoms with Crippen LogP contribution in [0.5, 0.6) is 0 Å². The molecule has 0 saturated heterocycles. The molecular weight excluding hydrogens is 278 g/mol. The number of fused-ring (bicyclic) bond motifs is 1. The Morgan fingerprint density at radius 2 is 2.27 bits per heavy atom. The summed E-state index contributed by atoms with van der Waals surface area (Å²) in [6.45, 7) is 6.14. The van der Waals surface area contributed by atoms with E-state index in [-0.39, 0.29) is 12.1 Å². The van der Waals surface area contributed by atoms with Gasteiger partial charge in [0, 0.05) is 11.6 Å². The standard InChI is InChI=1S/C18H27NO3/c1-4-7-15(20)10-13-8-6-9-14-11-16(18(21)22-5-2)12(3)19-17(13)14/h11,13,15,20H,4-10H2,1-3H3. The Morgan fingerprint density at radius 3 is 2.95 bits per heavy atom. The molecule has 22 heavy (non-hydrogen) atoms. The first kappa shape index (κ1) is 16.9. The van der Waals surface area contributed by atoms with Crippen molar-refractivity contribution in [3.8, 4) is 0 Å². The van der Waals surface area contributed by atoms with Crippen molar-refractivity contribution < 1.29 is 14.6 Å². The molecule has 4 nitrogen and oxygen atoms in total. The maximum atomic E-state index is 12.0. The minimum Gasteiger partial charge on any atom is -0.462 e. The van der Waals surface area contributed by atoms with Gasteiger partial charge in [0.05, 0.1) is 24.0 Å². The van der Waals surface area contributed by atoms with Crippen molar-refractivity contribution in [2.45, 2.75) is 71.3 Å². The van der Waals surface area contributed by atoms with Crippen molar-refractivity contribution in [1.82, 2.24) is 4.98 Å². The molecule has 0 radical (unpaired) electrons. The molecule has 0 fully saturated rings. The number of rotatable bonds is 6. The first-order valence-corrected chi connectivity index (χ1v) is 8.42. The molecule has 4 heteroatoms. The van der Waals surface area contributed by atoms with Gasteiger partial charge in [-0.05, 0) is 57.6 Å². The Morgan fingerprint density at radius 1 is 1.50 bits per heavy atom. The molecule has 0 spiro atoms. The van der Waals surface area contributed by atoms with Crippen molar-refractivity contribution in [3.63, 3.8) is 0 Å². The summed E-state index contributed by atoms with van der Waals surface area (Å²) in [6, 6.07) is 1.95. The Kier molecular flexibility index (Phi) is 5.95. The second-order valence-corrected chi connectivity index (χ2v) is 6.15. The van der Waals surface area contributed by atoms with E-state index in [2.05, 4.69) is 6.92 Å². The van der Waals surface area contributed by atoms with Gasteiger partial charge in [-0.1, -0.05) is 13.3 Å². The summed E-state index contributed by atoms with van der Waals surface area (Å²) in [7, 11) is 0. The van der Waals surface area contributed by atoms with Crippen molar-refractivity contribution in [2.75, 3.05) is 6.61 Å². The van der Waals surface area contributed by atoms with Gasteiger partial charge < -0.3 is 9.84 Å². The number of pyridine rings is 1. The molecule has 2 unspecified atom stereocenters. The van der Waals surface area contributed by atoms with Crippen LogP contribution in [-0.4, -0.2) is 28.8 Å². The van der Waals surface area contributed by atoms with Crippen molar-refractivity contribution in [2.24, 2.45) is 0 Å². The monoisotopic (exact) mass is 305 g/mol. The van der Waals surface area contributed by atoms with Crippen LogP contribution in [0.2, 0.25) is 0 Å². The number of carbonyl (C=O) groups is 1. The van der Waals surface area contributed by atoms with Crippen molar-refractivity contribution in [1.29, 1.82) is 0 Å². The lowest BCUT2D eigenvalue weighted by atomic mass is 9.82. The van der Waals surface area contributed by atoms with Crippen molar-refractivity contribution in [3.05, 3.63) is 28.6 Å². The maximum absolute atomic E-state index is 12.0. The minimum atomic E-state index is -0.288. The molecule has 1 heterocycles. The molecule has 1 N–H and O–H groups in total. The quantitative estimate of drug-likeness (QED) is 0.817. The van der Waals surface area contributed by atoms with Crippen LogP contribution in [0.3, 0.4) is 0 Å². The van der Waals surface area contributed by atoms with Gasteiger partial charge in [-0.15, -0.1) is 0 Å². The van der Waals surface area contributed by atoms with Crippen LogP contribution in [0.25, 0.3) is 0 Å². The lowest BCUT2D eigenvalue weighted by molar-refractivity contribution is 0.0524. The summed E-state index contributed by atoms with van der Waals surface area (Å²) in [4.78, 5) is 16.7. The zero-order valence-corrected chi connectivity index (χ0v) is 13.9. The van der Waals surface area contributed by atoms with Crippen LogP contribution in [0.4, 0.5) is 0 Å². The second kappa shape index (κ2) is 7.73. The highest BCUT2D eigenvalue weighted by molar-refractivity contribution is 5.90. The summed E-state index contributed by atoms with van der Waals surface area (Å²) in [6.07, 6.45) is 5.46. The number of aliphatic hydroxyl groups is 1. The Balaban J connectivity index is 2.24. The molecule has 1 aromatic heterocycles. The minimum absolute atomic E-state index is 0.257. The number of aryl methyl sites for hydroxylation is 2. The van der Waals surface area contributed by atoms with Crippen LogP contribution in [0.15, 0.2) is 6.07 Å². The average molecular weight is 305 g/mol. The number of ether oxygens (including phenoxy) is 1. The van der Waals surface area contributed by atoms with E-state index in [0.717, 1.165) is 55.5 Å². The molecule has 122 valence electrons. The largest absolute Gasteiger partial charge is 0.462 e. The van der Waals surface area contributed by atoms with Gasteiger partial charge in [0.1, 0.15) is 0 Å². The van der Waals surface area contributed by atoms with Crippen LogP contribution < -0.4 is 0 Å². The molecule has 1 aliphatic carbocycles. The van der Waals surface area contributed by atoms with Gasteiger partial charge >= 0.3 is 5.97 Å². The molecular formula is C18H27NO3. The lowest BCUT2D eigenvalue weighted by Gasteiger charge is -2.27. The van der Waals surface area contributed by atoms with Gasteiger partial charge in [-0.2, -0.15) is 0 Å². The number of aromatic nitrogens is 1. The normalized spacial score (nSPS) is 18.6. The summed E-state index contributed by atoms with van der Waals surface area (Å²) in [5, 5.41) is 10.1. The number of aliphatic hydroxyl groups excluding tert-OH is 1. The molecule has 1 aliphatic rings. The van der Waals surface area contributed by atoms with Gasteiger partial charge in [0.15, 0.2) is 0 Å². The van der Waals surface area contributed by atoms with Crippen LogP contribution in [-0.2, 0) is 11.2 Å². The zero-order valence-electron chi connectivity index (χ0n) is 13.9. The summed E-state index contributed by atoms with van der Waals surface area (Å²) in [5.41, 5.74) is 3.53. The second-order valence-electron chi connectivity index (χ2n) is 6.15. The van der Waals surface area contributed by atoms with Gasteiger partial charge in [-0.3, -0.25) is 4.98 Å². The average Bonchev–Trinajstić information content (AvgIpc) is 2.48. The van der Waals surface area contributed by atoms with Crippen molar-refractivity contribution >= 4 is 5.97 Å². The molecule has 0 aliphatic heterocycles. The van der Waals surface area contributed by atoms with E-state index in [4.69, 9.17) is 9.72 Å². The fourth-order valence-corrected chi connectivity index (χ4v) is 3.32. The summed E-state index contributed by atoms with van der Waals surface area (Å²) < 4.78 is 5.10. The Labute approximate surface area is 132 Å². The number of nitrogens with zero attached hydrogens (tertiary/aromatic N) is 1. The maximum Gasteiger partial charge on any atom is 0.339 e. The van der Waals surface area contributed by atoms with Gasteiger partial charge in [-0.25, -0.2) is 4.79 Å². The predicted octanol–water partition coefficient (Wildman–Crippen LogP) is 3.54. The van der Waals surface area contributed by atoms with Crippen LogP contribution in [0.1, 0.15) is 79.2 Å². The molecule has 0 bridgehead atoms. The van der Waals surface area contributed by atoms with Crippen LogP contribution >= 0.6 is 0 Å². The lowest BCUT2D eigenvalue weighted by Crippen LogP contribution is -2.20. The number of carbonyl (C=O) groups excluding carboxylic acids is 1. The smallest absolute Gasteiger partial charge is 0.339 e. The first-order chi connectivity index (χ1) is 10.6. The fraction of sp³-hybridized carbons (Fsp3) is 0.667. The molecule has 2 rings (SSSR count). The van der Waals surface area contributed by atoms with Gasteiger partial charge in [0.25, 0.3) is 0 Å². The number of esters is 1. The van der Waals surface area contributed by atoms with E-state index in [1.165, 1.54) is 0 Å². The molecule has 0 amide bonds. The highest BCUT2D eigenvalue weighted by Crippen LogP contribution is 2.35. The van der Waals surface area contributed by atoms with E-state index in [0.29, 0.717) is 18.1 Å². The third-order valence-corrected chi connectivity index (χ3v) is 4.38. The highest BCUT2D eigenvalue weighted by atomic mass is 16.5. The molecule has 2 atom stereocenters. The van der Waals surface area contributed by atoms with E-state index in [1.54, 1.807) is 0 Å². The predicted molar refractivity (Wildman–Crippen MR) is 86.1 cm³/mol. The topological polar surface area (TPSA) is 59.4 Å². The van der Waals surface area contributed by atoms with E-state index < -0.39 is 0 Å². The highest BCUT2D eigenvalue weighted by Gasteiger charge is 2.26. The first-order valence-electron chi connectivity index (χ1n) is 8.42. The zero-order chi connectivity index (χ0) is 16.1. The van der Waals surface area contributed by atoms with E-state index in [1.807, 2.05) is 19.9 Å². The van der Waals surface area contributed by atoms with E-state index >= 15 is 0 Å². The summed E-state index contributed by atoms with van der Waals surface area (Å²) in [5.74, 6) is 0.0173. The van der Waals surface area contributed by atoms with E-state index in [9.17, 15) is 9.90 Å². The Bertz CT molecular complexity index is 527. The number of hydrogen-bond donors (Lipinski definition) is 1. The SMILES string of the molecule is CCCC(O)CC1CCCc2cc(C(=O)OCC)c(C)nc21. The fourth-order valence-electron chi connectivity index (χ4n) is 3.32. The molecule has 1 aromatic rings.